The van der Waals surface area contributed by atoms with Crippen LogP contribution in [0.15, 0.2) is 18.2 Å². The van der Waals surface area contributed by atoms with Crippen LogP contribution in [0, 0.1) is 0 Å². The number of amides is 2. The Morgan fingerprint density at radius 3 is 2.54 bits per heavy atom. The summed E-state index contributed by atoms with van der Waals surface area (Å²) in [5.41, 5.74) is 14.4. The van der Waals surface area contributed by atoms with Gasteiger partial charge in [-0.25, -0.2) is 4.68 Å². The van der Waals surface area contributed by atoms with Crippen LogP contribution in [0.4, 0.5) is 11.5 Å². The number of nitrogens with zero attached hydrogens (tertiary/aromatic N) is 3. The molecular formula is C17H21N5O2. The van der Waals surface area contributed by atoms with Crippen molar-refractivity contribution in [2.45, 2.75) is 32.7 Å². The van der Waals surface area contributed by atoms with Crippen molar-refractivity contribution in [3.8, 4) is 11.3 Å². The van der Waals surface area contributed by atoms with Crippen LogP contribution in [-0.2, 0) is 16.8 Å². The Labute approximate surface area is 140 Å². The fourth-order valence-electron chi connectivity index (χ4n) is 3.00. The molecule has 4 N–H and O–H groups in total. The maximum absolute atomic E-state index is 11.9. The zero-order valence-electron chi connectivity index (χ0n) is 14.3. The molecule has 1 aromatic carbocycles. The minimum atomic E-state index is -0.619. The minimum Gasteiger partial charge on any atom is -0.383 e. The molecule has 0 aliphatic carbocycles. The van der Waals surface area contributed by atoms with Gasteiger partial charge in [-0.3, -0.25) is 9.59 Å². The number of primary amides is 1. The first kappa shape index (κ1) is 16.0. The third-order valence-electron chi connectivity index (χ3n) is 4.23. The Kier molecular flexibility index (Phi) is 3.40. The molecule has 3 rings (SSSR count). The number of benzene rings is 1. The lowest BCUT2D eigenvalue weighted by Crippen LogP contribution is -2.25. The van der Waals surface area contributed by atoms with Crippen LogP contribution in [0.25, 0.3) is 11.3 Å². The standard InChI is InChI=1S/C17H21N5O2/c1-17(2,3)22-15(18)13(16(19)24)14(20-22)9-5-6-11-10(7-9)8-12(23)21(11)4/h5-7H,8,18H2,1-4H3,(H2,19,24). The van der Waals surface area contributed by atoms with Crippen LogP contribution in [0.2, 0.25) is 0 Å². The molecule has 1 aromatic heterocycles. The zero-order chi connectivity index (χ0) is 17.8. The summed E-state index contributed by atoms with van der Waals surface area (Å²) < 4.78 is 1.60. The zero-order valence-corrected chi connectivity index (χ0v) is 14.3. The van der Waals surface area contributed by atoms with Crippen molar-refractivity contribution in [3.05, 3.63) is 29.3 Å². The van der Waals surface area contributed by atoms with Crippen LogP contribution in [-0.4, -0.2) is 28.6 Å². The van der Waals surface area contributed by atoms with E-state index in [1.165, 1.54) is 0 Å². The number of carbonyl (C=O) groups excluding carboxylic acids is 2. The number of carbonyl (C=O) groups is 2. The monoisotopic (exact) mass is 327 g/mol. The highest BCUT2D eigenvalue weighted by molar-refractivity contribution is 6.04. The smallest absolute Gasteiger partial charge is 0.254 e. The third-order valence-corrected chi connectivity index (χ3v) is 4.23. The van der Waals surface area contributed by atoms with Gasteiger partial charge in [0.15, 0.2) is 0 Å². The first-order valence-corrected chi connectivity index (χ1v) is 7.70. The highest BCUT2D eigenvalue weighted by Gasteiger charge is 2.29. The molecule has 0 unspecified atom stereocenters. The van der Waals surface area contributed by atoms with Gasteiger partial charge in [-0.15, -0.1) is 0 Å². The molecule has 0 saturated carbocycles. The van der Waals surface area contributed by atoms with Crippen LogP contribution in [0.1, 0.15) is 36.7 Å². The van der Waals surface area contributed by atoms with Crippen molar-refractivity contribution in [1.82, 2.24) is 9.78 Å². The first-order valence-electron chi connectivity index (χ1n) is 7.70. The number of fused-ring (bicyclic) bond motifs is 1. The van der Waals surface area contributed by atoms with Gasteiger partial charge >= 0.3 is 0 Å². The molecule has 7 nitrogen and oxygen atoms in total. The Morgan fingerprint density at radius 2 is 1.96 bits per heavy atom. The van der Waals surface area contributed by atoms with E-state index in [9.17, 15) is 9.59 Å². The number of hydrogen-bond donors (Lipinski definition) is 2. The second-order valence-electron chi connectivity index (χ2n) is 7.03. The molecule has 1 aliphatic heterocycles. The van der Waals surface area contributed by atoms with Crippen molar-refractivity contribution in [1.29, 1.82) is 0 Å². The molecule has 2 heterocycles. The van der Waals surface area contributed by atoms with Gasteiger partial charge in [0.05, 0.1) is 12.0 Å². The summed E-state index contributed by atoms with van der Waals surface area (Å²) in [6.45, 7) is 5.84. The molecule has 7 heteroatoms. The maximum Gasteiger partial charge on any atom is 0.254 e. The first-order chi connectivity index (χ1) is 11.1. The Bertz CT molecular complexity index is 861. The molecule has 1 aliphatic rings. The number of hydrogen-bond acceptors (Lipinski definition) is 4. The molecule has 24 heavy (non-hydrogen) atoms. The Hall–Kier alpha value is -2.83. The van der Waals surface area contributed by atoms with Crippen LogP contribution in [0.5, 0.6) is 0 Å². The van der Waals surface area contributed by atoms with Crippen molar-refractivity contribution in [2.24, 2.45) is 5.73 Å². The van der Waals surface area contributed by atoms with Crippen molar-refractivity contribution in [2.75, 3.05) is 17.7 Å². The van der Waals surface area contributed by atoms with E-state index in [-0.39, 0.29) is 22.8 Å². The van der Waals surface area contributed by atoms with E-state index in [1.807, 2.05) is 39.0 Å². The fraction of sp³-hybridized carbons (Fsp3) is 0.353. The van der Waals surface area contributed by atoms with E-state index in [0.29, 0.717) is 12.1 Å². The summed E-state index contributed by atoms with van der Waals surface area (Å²) >= 11 is 0. The lowest BCUT2D eigenvalue weighted by molar-refractivity contribution is -0.117. The van der Waals surface area contributed by atoms with Crippen LogP contribution >= 0.6 is 0 Å². The highest BCUT2D eigenvalue weighted by atomic mass is 16.2. The van der Waals surface area contributed by atoms with Gasteiger partial charge in [-0.2, -0.15) is 5.10 Å². The lowest BCUT2D eigenvalue weighted by Gasteiger charge is -2.20. The number of aromatic nitrogens is 2. The summed E-state index contributed by atoms with van der Waals surface area (Å²) in [4.78, 5) is 25.4. The quantitative estimate of drug-likeness (QED) is 0.871. The predicted molar refractivity (Wildman–Crippen MR) is 92.7 cm³/mol. The van der Waals surface area contributed by atoms with Gasteiger partial charge in [-0.05, 0) is 38.5 Å². The summed E-state index contributed by atoms with van der Waals surface area (Å²) in [7, 11) is 1.75. The van der Waals surface area contributed by atoms with Gasteiger partial charge in [0.25, 0.3) is 5.91 Å². The summed E-state index contributed by atoms with van der Waals surface area (Å²) in [6, 6.07) is 5.56. The molecular weight excluding hydrogens is 306 g/mol. The van der Waals surface area contributed by atoms with Crippen molar-refractivity contribution in [3.63, 3.8) is 0 Å². The molecule has 0 radical (unpaired) electrons. The minimum absolute atomic E-state index is 0.0389. The maximum atomic E-state index is 11.9. The molecule has 0 atom stereocenters. The number of nitrogen functional groups attached to an aromatic ring is 1. The average molecular weight is 327 g/mol. The van der Waals surface area contributed by atoms with E-state index >= 15 is 0 Å². The van der Waals surface area contributed by atoms with Gasteiger partial charge in [0, 0.05) is 18.3 Å². The predicted octanol–water partition coefficient (Wildman–Crippen LogP) is 1.51. The molecule has 0 spiro atoms. The summed E-state index contributed by atoms with van der Waals surface area (Å²) in [6.07, 6.45) is 0.334. The third kappa shape index (κ3) is 2.33. The van der Waals surface area contributed by atoms with Crippen molar-refractivity contribution >= 4 is 23.3 Å². The highest BCUT2D eigenvalue weighted by Crippen LogP contribution is 2.35. The van der Waals surface area contributed by atoms with E-state index < -0.39 is 5.91 Å². The van der Waals surface area contributed by atoms with E-state index in [2.05, 4.69) is 5.10 Å². The lowest BCUT2D eigenvalue weighted by atomic mass is 10.0. The summed E-state index contributed by atoms with van der Waals surface area (Å²) in [5, 5.41) is 4.53. The second-order valence-corrected chi connectivity index (χ2v) is 7.03. The number of anilines is 2. The second kappa shape index (κ2) is 5.09. The molecule has 0 fully saturated rings. The number of rotatable bonds is 2. The van der Waals surface area contributed by atoms with Gasteiger partial charge in [0.2, 0.25) is 5.91 Å². The SMILES string of the molecule is CN1C(=O)Cc2cc(-c3nn(C(C)(C)C)c(N)c3C(N)=O)ccc21. The van der Waals surface area contributed by atoms with Gasteiger partial charge in [-0.1, -0.05) is 6.07 Å². The van der Waals surface area contributed by atoms with E-state index in [4.69, 9.17) is 11.5 Å². The van der Waals surface area contributed by atoms with E-state index in [1.54, 1.807) is 16.6 Å². The molecule has 2 amide bonds. The molecule has 0 bridgehead atoms. The van der Waals surface area contributed by atoms with Crippen LogP contribution < -0.4 is 16.4 Å². The topological polar surface area (TPSA) is 107 Å². The molecule has 126 valence electrons. The Morgan fingerprint density at radius 1 is 1.29 bits per heavy atom. The van der Waals surface area contributed by atoms with Gasteiger partial charge in [0.1, 0.15) is 17.1 Å². The Balaban J connectivity index is 2.19. The normalized spacial score (nSPS) is 14.2. The van der Waals surface area contributed by atoms with Crippen molar-refractivity contribution < 1.29 is 9.59 Å². The van der Waals surface area contributed by atoms with Crippen LogP contribution in [0.3, 0.4) is 0 Å². The fourth-order valence-corrected chi connectivity index (χ4v) is 3.00. The largest absolute Gasteiger partial charge is 0.383 e. The molecule has 0 saturated heterocycles. The van der Waals surface area contributed by atoms with Gasteiger partial charge < -0.3 is 16.4 Å². The van der Waals surface area contributed by atoms with E-state index in [0.717, 1.165) is 16.8 Å². The summed E-state index contributed by atoms with van der Waals surface area (Å²) in [5.74, 6) is -0.331. The number of likely N-dealkylation sites (N-methyl/N-ethyl adjacent to an activating group) is 1. The molecule has 2 aromatic rings. The average Bonchev–Trinajstić information content (AvgIpc) is 2.96. The number of nitrogens with two attached hydrogens (primary N) is 2.